The average molecular weight is 732 g/mol. The van der Waals surface area contributed by atoms with E-state index >= 15 is 0 Å². The topological polar surface area (TPSA) is 369 Å². The van der Waals surface area contributed by atoms with E-state index in [2.05, 4.69) is 21.8 Å². The van der Waals surface area contributed by atoms with Crippen molar-refractivity contribution in [2.75, 3.05) is 6.61 Å². The van der Waals surface area contributed by atoms with Crippen LogP contribution in [-0.4, -0.2) is 54.5 Å². The molecule has 5 unspecified atom stereocenters. The Bertz CT molecular complexity index is 1370. The Labute approximate surface area is 316 Å². The predicted molar refractivity (Wildman–Crippen MR) is 100 cm³/mol. The first kappa shape index (κ1) is 48.7. The maximum absolute atomic E-state index is 11.9. The van der Waals surface area contributed by atoms with Crippen LogP contribution in [-0.2, 0) is 49.3 Å². The van der Waals surface area contributed by atoms with Gasteiger partial charge in [0.25, 0.3) is 36.9 Å². The van der Waals surface area contributed by atoms with Crippen molar-refractivity contribution in [2.24, 2.45) is 0 Å². The Morgan fingerprint density at radius 3 is 1.76 bits per heavy atom. The smallest absolute Gasteiger partial charge is 0.756 e. The summed E-state index contributed by atoms with van der Waals surface area (Å²) in [5.41, 5.74) is -1.92. The zero-order valence-corrected chi connectivity index (χ0v) is 33.6. The van der Waals surface area contributed by atoms with Crippen molar-refractivity contribution in [3.05, 3.63) is 33.1 Å². The minimum Gasteiger partial charge on any atom is -0.756 e. The Hall–Kier alpha value is 3.27. The summed E-state index contributed by atoms with van der Waals surface area (Å²) in [7, 11) is -31.8. The van der Waals surface area contributed by atoms with E-state index in [0.717, 1.165) is 12.3 Å². The van der Waals surface area contributed by atoms with Gasteiger partial charge in [-0.1, -0.05) is 0 Å². The van der Waals surface area contributed by atoms with Crippen molar-refractivity contribution in [3.63, 3.8) is 0 Å². The van der Waals surface area contributed by atoms with Gasteiger partial charge in [-0.3, -0.25) is 37.1 Å². The second kappa shape index (κ2) is 18.7. The molecule has 1 aliphatic heterocycles. The van der Waals surface area contributed by atoms with Crippen molar-refractivity contribution < 1.29 is 207 Å². The van der Waals surface area contributed by atoms with Gasteiger partial charge in [0.1, 0.15) is 18.3 Å². The Morgan fingerprint density at radius 2 is 1.29 bits per heavy atom. The Balaban J connectivity index is -0.00000361. The van der Waals surface area contributed by atoms with Crippen molar-refractivity contribution in [3.8, 4) is 0 Å². The predicted octanol–water partition coefficient (Wildman–Crippen LogP) is -16.8. The summed E-state index contributed by atoms with van der Waals surface area (Å²) in [6.45, 7) is -1.27. The Kier molecular flexibility index (Phi) is 22.2. The number of aromatic amines is 1. The van der Waals surface area contributed by atoms with Gasteiger partial charge in [-0.25, -0.2) is 26.6 Å². The average Bonchev–Trinajstić information content (AvgIpc) is 2.89. The van der Waals surface area contributed by atoms with Gasteiger partial charge in [-0.05, 0) is 0 Å². The third-order valence-electron chi connectivity index (χ3n) is 3.67. The molecule has 41 heavy (non-hydrogen) atoms. The van der Waals surface area contributed by atoms with Gasteiger partial charge in [0, 0.05) is 12.3 Å². The molecule has 9 atom stereocenters. The number of H-pyrrole nitrogens is 1. The van der Waals surface area contributed by atoms with E-state index in [-0.39, 0.29) is 118 Å². The maximum Gasteiger partial charge on any atom is 1.00 e. The third kappa shape index (κ3) is 16.8. The molecule has 1 fully saturated rings. The number of nitrogens with one attached hydrogen (secondary N) is 1. The number of aliphatic hydroxyl groups is 2. The number of phosphoric ester groups is 1. The molecule has 0 spiro atoms. The van der Waals surface area contributed by atoms with Crippen LogP contribution in [0.5, 0.6) is 0 Å². The van der Waals surface area contributed by atoms with Crippen LogP contribution in [0.3, 0.4) is 0 Å². The normalized spacial score (nSPS) is 27.4. The van der Waals surface area contributed by atoms with Crippen molar-refractivity contribution in [2.45, 2.75) is 24.5 Å². The van der Waals surface area contributed by atoms with E-state index < -0.39 is 81.5 Å². The molecular weight excluding hydrogens is 719 g/mol. The quantitative estimate of drug-likeness (QED) is 0.0983. The summed E-state index contributed by atoms with van der Waals surface area (Å²) in [5, 5.41) is 20.0. The zero-order chi connectivity index (χ0) is 28.6. The first-order chi connectivity index (χ1) is 16.5. The van der Waals surface area contributed by atoms with Crippen molar-refractivity contribution in [1.29, 1.82) is 0 Å². The van der Waals surface area contributed by atoms with Crippen LogP contribution in [0.25, 0.3) is 0 Å². The van der Waals surface area contributed by atoms with Gasteiger partial charge in [0.2, 0.25) is 0 Å². The van der Waals surface area contributed by atoms with Crippen molar-refractivity contribution in [1.82, 2.24) is 9.55 Å². The summed E-state index contributed by atoms with van der Waals surface area (Å²) in [6.07, 6.45) is -6.45. The summed E-state index contributed by atoms with van der Waals surface area (Å²) < 4.78 is 78.6. The molecule has 32 heteroatoms. The summed E-state index contributed by atoms with van der Waals surface area (Å²) >= 11 is 0. The van der Waals surface area contributed by atoms with Crippen LogP contribution in [0, 0.1) is 0 Å². The van der Waals surface area contributed by atoms with E-state index in [1.165, 1.54) is 0 Å². The van der Waals surface area contributed by atoms with Gasteiger partial charge in [0.05, 0.1) is 6.61 Å². The largest absolute Gasteiger partial charge is 1.00 e. The molecule has 23 nitrogen and oxygen atoms in total. The molecule has 1 aromatic rings. The van der Waals surface area contributed by atoms with E-state index in [9.17, 15) is 67.1 Å². The summed E-state index contributed by atoms with van der Waals surface area (Å²) in [6, 6.07) is 0.842. The minimum absolute atomic E-state index is 0. The molecule has 214 valence electrons. The molecule has 0 aliphatic carbocycles. The van der Waals surface area contributed by atoms with Crippen LogP contribution < -0.4 is 149 Å². The first-order valence-electron chi connectivity index (χ1n) is 8.64. The SMILES string of the molecule is O=c1ccn([C@@H]2O[C@H](COP(=O)(O)OP(=O)([O-])OP(=O)([O-])OP(=O)([O-])OP(=O)([O-])O)[C@@H](O)[C@H]2O)c(=O)[nH]1.[Na+].[Na+].[Na+].[Na+]. The fourth-order valence-corrected chi connectivity index (χ4v) is 8.13. The fraction of sp³-hybridized carbons (Fsp3) is 0.556. The number of nitrogens with zero attached hydrogens (tertiary/aromatic N) is 1. The summed E-state index contributed by atoms with van der Waals surface area (Å²) in [5.74, 6) is 0. The maximum atomic E-state index is 11.9. The second-order valence-corrected chi connectivity index (χ2v) is 13.9. The molecule has 0 amide bonds. The third-order valence-corrected chi connectivity index (χ3v) is 10.6. The van der Waals surface area contributed by atoms with Gasteiger partial charge in [-0.15, -0.1) is 0 Å². The second-order valence-electron chi connectivity index (χ2n) is 6.46. The number of phosphoric acid groups is 5. The van der Waals surface area contributed by atoms with Crippen LogP contribution >= 0.6 is 39.1 Å². The number of rotatable bonds is 12. The first-order valence-corrected chi connectivity index (χ1v) is 16.0. The van der Waals surface area contributed by atoms with E-state index in [4.69, 9.17) is 9.63 Å². The molecule has 0 aromatic carbocycles. The van der Waals surface area contributed by atoms with Gasteiger partial charge in [-0.2, -0.15) is 0 Å². The zero-order valence-electron chi connectivity index (χ0n) is 21.1. The van der Waals surface area contributed by atoms with E-state index in [1.54, 1.807) is 0 Å². The van der Waals surface area contributed by atoms with Crippen LogP contribution in [0.15, 0.2) is 21.9 Å². The molecule has 2 heterocycles. The number of aromatic nitrogens is 2. The molecule has 1 aliphatic rings. The van der Waals surface area contributed by atoms with E-state index in [1.807, 2.05) is 4.98 Å². The minimum atomic E-state index is -6.68. The number of ether oxygens (including phenoxy) is 1. The molecule has 1 aromatic heterocycles. The molecule has 5 N–H and O–H groups in total. The molecule has 2 rings (SSSR count). The van der Waals surface area contributed by atoms with Crippen LogP contribution in [0.2, 0.25) is 0 Å². The molecule has 1 saturated heterocycles. The van der Waals surface area contributed by atoms with Gasteiger partial charge >= 0.3 is 132 Å². The number of hydrogen-bond donors (Lipinski definition) is 5. The van der Waals surface area contributed by atoms with Crippen molar-refractivity contribution >= 4 is 39.1 Å². The van der Waals surface area contributed by atoms with Gasteiger partial charge < -0.3 is 44.3 Å². The Morgan fingerprint density at radius 1 is 0.829 bits per heavy atom. The fourth-order valence-electron chi connectivity index (χ4n) is 2.46. The molecule has 0 bridgehead atoms. The number of hydrogen-bond acceptors (Lipinski definition) is 19. The van der Waals surface area contributed by atoms with E-state index in [0.29, 0.717) is 4.57 Å². The number of aliphatic hydroxyl groups excluding tert-OH is 2. The molecular formula is C9H13N2Na4O21P5. The molecule has 0 radical (unpaired) electrons. The summed E-state index contributed by atoms with van der Waals surface area (Å²) in [4.78, 5) is 86.8. The van der Waals surface area contributed by atoms with Crippen LogP contribution in [0.1, 0.15) is 6.23 Å². The monoisotopic (exact) mass is 732 g/mol. The van der Waals surface area contributed by atoms with Crippen LogP contribution in [0.4, 0.5) is 0 Å². The molecule has 0 saturated carbocycles. The van der Waals surface area contributed by atoms with Gasteiger partial charge in [0.15, 0.2) is 6.23 Å². The standard InChI is InChI=1S/C9H17N2O21P5.4Na/c12-5-1-2-11(9(15)10-5)8-7(14)6(13)4(28-8)3-27-34(19,20)30-36(23,24)32-37(25,26)31-35(21,22)29-33(16,17)18;;;;/h1-2,4,6-8,13-14H,3H2,(H,19,20)(H,21,22)(H,23,24)(H,25,26)(H,10,12,15)(H2,16,17,18);;;;/q;4*+1/p-4/t4-,6-,7-,8-;;;;/m1..../s1.